The van der Waals surface area contributed by atoms with Gasteiger partial charge in [0.25, 0.3) is 0 Å². The SMILES string of the molecule is Cc1cccc(OC(C)C(F)(F)F)c1. The molecule has 0 amide bonds. The Morgan fingerprint density at radius 3 is 2.43 bits per heavy atom. The van der Waals surface area contributed by atoms with Crippen LogP contribution in [0.15, 0.2) is 24.3 Å². The molecule has 0 radical (unpaired) electrons. The summed E-state index contributed by atoms with van der Waals surface area (Å²) in [6, 6.07) is 6.54. The zero-order valence-electron chi connectivity index (χ0n) is 7.93. The molecule has 0 spiro atoms. The van der Waals surface area contributed by atoms with Crippen LogP contribution in [0, 0.1) is 6.92 Å². The van der Waals surface area contributed by atoms with Gasteiger partial charge in [-0.1, -0.05) is 12.1 Å². The topological polar surface area (TPSA) is 9.23 Å². The second-order valence-electron chi connectivity index (χ2n) is 3.12. The van der Waals surface area contributed by atoms with Crippen LogP contribution in [0.25, 0.3) is 0 Å². The summed E-state index contributed by atoms with van der Waals surface area (Å²) < 4.78 is 41.1. The molecule has 1 aromatic carbocycles. The van der Waals surface area contributed by atoms with E-state index in [-0.39, 0.29) is 5.75 Å². The van der Waals surface area contributed by atoms with Gasteiger partial charge >= 0.3 is 6.18 Å². The number of benzene rings is 1. The Morgan fingerprint density at radius 2 is 1.93 bits per heavy atom. The van der Waals surface area contributed by atoms with Crippen molar-refractivity contribution in [3.8, 4) is 5.75 Å². The Hall–Kier alpha value is -1.19. The number of alkyl halides is 3. The summed E-state index contributed by atoms with van der Waals surface area (Å²) in [5.41, 5.74) is 0.872. The Labute approximate surface area is 80.5 Å². The van der Waals surface area contributed by atoms with E-state index in [2.05, 4.69) is 0 Å². The summed E-state index contributed by atoms with van der Waals surface area (Å²) in [4.78, 5) is 0. The van der Waals surface area contributed by atoms with Gasteiger partial charge in [0.2, 0.25) is 0 Å². The molecule has 0 aromatic heterocycles. The minimum Gasteiger partial charge on any atom is -0.481 e. The van der Waals surface area contributed by atoms with Gasteiger partial charge in [0.05, 0.1) is 0 Å². The number of halogens is 3. The summed E-state index contributed by atoms with van der Waals surface area (Å²) in [5.74, 6) is 0.245. The van der Waals surface area contributed by atoms with E-state index < -0.39 is 12.3 Å². The van der Waals surface area contributed by atoms with Crippen LogP contribution < -0.4 is 4.74 Å². The second-order valence-corrected chi connectivity index (χ2v) is 3.12. The summed E-state index contributed by atoms with van der Waals surface area (Å²) in [7, 11) is 0. The van der Waals surface area contributed by atoms with Gasteiger partial charge in [-0.25, -0.2) is 0 Å². The van der Waals surface area contributed by atoms with Crippen molar-refractivity contribution in [3.63, 3.8) is 0 Å². The van der Waals surface area contributed by atoms with E-state index >= 15 is 0 Å². The molecule has 0 aliphatic heterocycles. The zero-order valence-corrected chi connectivity index (χ0v) is 7.93. The molecule has 0 saturated heterocycles. The van der Waals surface area contributed by atoms with Gasteiger partial charge in [0.1, 0.15) is 5.75 Å². The molecule has 0 bridgehead atoms. The smallest absolute Gasteiger partial charge is 0.425 e. The van der Waals surface area contributed by atoms with Crippen molar-refractivity contribution < 1.29 is 17.9 Å². The molecule has 1 nitrogen and oxygen atoms in total. The molecule has 1 rings (SSSR count). The zero-order chi connectivity index (χ0) is 10.8. The summed E-state index contributed by atoms with van der Waals surface area (Å²) >= 11 is 0. The van der Waals surface area contributed by atoms with E-state index in [9.17, 15) is 13.2 Å². The van der Waals surface area contributed by atoms with Crippen molar-refractivity contribution >= 4 is 0 Å². The Bertz CT molecular complexity index is 306. The summed E-state index contributed by atoms with van der Waals surface area (Å²) in [6.45, 7) is 2.79. The van der Waals surface area contributed by atoms with E-state index in [1.165, 1.54) is 6.07 Å². The minimum absolute atomic E-state index is 0.245. The van der Waals surface area contributed by atoms with E-state index in [0.717, 1.165) is 12.5 Å². The van der Waals surface area contributed by atoms with E-state index in [1.54, 1.807) is 25.1 Å². The predicted octanol–water partition coefficient (Wildman–Crippen LogP) is 3.32. The quantitative estimate of drug-likeness (QED) is 0.718. The van der Waals surface area contributed by atoms with Crippen LogP contribution in [0.2, 0.25) is 0 Å². The van der Waals surface area contributed by atoms with Crippen molar-refractivity contribution in [2.45, 2.75) is 26.1 Å². The fourth-order valence-electron chi connectivity index (χ4n) is 0.960. The minimum atomic E-state index is -4.32. The number of hydrogen-bond acceptors (Lipinski definition) is 1. The van der Waals surface area contributed by atoms with E-state index in [0.29, 0.717) is 0 Å². The maximum atomic E-state index is 12.1. The maximum Gasteiger partial charge on any atom is 0.425 e. The van der Waals surface area contributed by atoms with Crippen LogP contribution in [0.5, 0.6) is 5.75 Å². The highest BCUT2D eigenvalue weighted by molar-refractivity contribution is 5.27. The highest BCUT2D eigenvalue weighted by atomic mass is 19.4. The molecule has 0 N–H and O–H groups in total. The molecule has 1 aromatic rings. The van der Waals surface area contributed by atoms with Gasteiger partial charge in [-0.05, 0) is 31.5 Å². The number of rotatable bonds is 2. The lowest BCUT2D eigenvalue weighted by Gasteiger charge is -2.17. The fourth-order valence-corrected chi connectivity index (χ4v) is 0.960. The molecule has 0 saturated carbocycles. The molecule has 0 heterocycles. The third kappa shape index (κ3) is 2.94. The third-order valence-corrected chi connectivity index (χ3v) is 1.76. The molecule has 0 aliphatic carbocycles. The lowest BCUT2D eigenvalue weighted by atomic mass is 10.2. The van der Waals surface area contributed by atoms with Crippen molar-refractivity contribution in [1.82, 2.24) is 0 Å². The third-order valence-electron chi connectivity index (χ3n) is 1.76. The first-order valence-electron chi connectivity index (χ1n) is 4.19. The van der Waals surface area contributed by atoms with Crippen molar-refractivity contribution in [2.75, 3.05) is 0 Å². The summed E-state index contributed by atoms with van der Waals surface area (Å²) in [6.07, 6.45) is -6.09. The molecule has 4 heteroatoms. The molecule has 14 heavy (non-hydrogen) atoms. The monoisotopic (exact) mass is 204 g/mol. The molecule has 1 atom stereocenters. The molecule has 78 valence electrons. The van der Waals surface area contributed by atoms with Crippen LogP contribution in [0.3, 0.4) is 0 Å². The first-order chi connectivity index (χ1) is 6.39. The van der Waals surface area contributed by atoms with Crippen LogP contribution in [-0.4, -0.2) is 12.3 Å². The average Bonchev–Trinajstić information content (AvgIpc) is 2.02. The van der Waals surface area contributed by atoms with Gasteiger partial charge in [-0.15, -0.1) is 0 Å². The Balaban J connectivity index is 2.70. The fraction of sp³-hybridized carbons (Fsp3) is 0.400. The van der Waals surface area contributed by atoms with Gasteiger partial charge < -0.3 is 4.74 Å². The lowest BCUT2D eigenvalue weighted by molar-refractivity contribution is -0.189. The first-order valence-corrected chi connectivity index (χ1v) is 4.19. The van der Waals surface area contributed by atoms with Gasteiger partial charge in [-0.2, -0.15) is 13.2 Å². The highest BCUT2D eigenvalue weighted by Gasteiger charge is 2.37. The number of aryl methyl sites for hydroxylation is 1. The van der Waals surface area contributed by atoms with E-state index in [4.69, 9.17) is 4.74 Å². The average molecular weight is 204 g/mol. The van der Waals surface area contributed by atoms with Gasteiger partial charge in [-0.3, -0.25) is 0 Å². The molecular formula is C10H11F3O. The van der Waals surface area contributed by atoms with Crippen LogP contribution in [-0.2, 0) is 0 Å². The Kier molecular flexibility index (Phi) is 3.03. The predicted molar refractivity (Wildman–Crippen MR) is 47.3 cm³/mol. The standard InChI is InChI=1S/C10H11F3O/c1-7-4-3-5-9(6-7)14-8(2)10(11,12)13/h3-6,8H,1-2H3. The molecule has 1 unspecified atom stereocenters. The van der Waals surface area contributed by atoms with Gasteiger partial charge in [0, 0.05) is 0 Å². The van der Waals surface area contributed by atoms with Crippen LogP contribution >= 0.6 is 0 Å². The number of ether oxygens (including phenoxy) is 1. The largest absolute Gasteiger partial charge is 0.481 e. The summed E-state index contributed by atoms with van der Waals surface area (Å²) in [5, 5.41) is 0. The maximum absolute atomic E-state index is 12.1. The number of hydrogen-bond donors (Lipinski definition) is 0. The van der Waals surface area contributed by atoms with Crippen molar-refractivity contribution in [2.24, 2.45) is 0 Å². The molecule has 0 aliphatic rings. The lowest BCUT2D eigenvalue weighted by Crippen LogP contribution is -2.31. The highest BCUT2D eigenvalue weighted by Crippen LogP contribution is 2.25. The van der Waals surface area contributed by atoms with E-state index in [1.807, 2.05) is 0 Å². The van der Waals surface area contributed by atoms with Crippen molar-refractivity contribution in [1.29, 1.82) is 0 Å². The first kappa shape index (κ1) is 10.9. The van der Waals surface area contributed by atoms with Crippen molar-refractivity contribution in [3.05, 3.63) is 29.8 Å². The molecular weight excluding hydrogens is 193 g/mol. The second kappa shape index (κ2) is 3.90. The Morgan fingerprint density at radius 1 is 1.29 bits per heavy atom. The normalized spacial score (nSPS) is 13.8. The molecule has 0 fully saturated rings. The van der Waals surface area contributed by atoms with Gasteiger partial charge in [0.15, 0.2) is 6.10 Å². The van der Waals surface area contributed by atoms with Crippen LogP contribution in [0.4, 0.5) is 13.2 Å². The van der Waals surface area contributed by atoms with Crippen LogP contribution in [0.1, 0.15) is 12.5 Å².